The topological polar surface area (TPSA) is 40.5 Å². The fraction of sp³-hybridized carbons (Fsp3) is 0.500. The van der Waals surface area contributed by atoms with Crippen LogP contribution in [0.25, 0.3) is 0 Å². The van der Waals surface area contributed by atoms with E-state index in [1.54, 1.807) is 12.1 Å². The SMILES string of the molecule is CCN(CC)CCSCc1ccc(C(=O)O)cc1Br. The summed E-state index contributed by atoms with van der Waals surface area (Å²) in [5.41, 5.74) is 1.47. The van der Waals surface area contributed by atoms with E-state index in [9.17, 15) is 4.79 Å². The van der Waals surface area contributed by atoms with Crippen molar-refractivity contribution in [3.63, 3.8) is 0 Å². The minimum Gasteiger partial charge on any atom is -0.478 e. The van der Waals surface area contributed by atoms with Crippen LogP contribution in [-0.4, -0.2) is 41.4 Å². The van der Waals surface area contributed by atoms with Gasteiger partial charge in [0.25, 0.3) is 0 Å². The molecule has 1 N–H and O–H groups in total. The van der Waals surface area contributed by atoms with Gasteiger partial charge in [0.05, 0.1) is 5.56 Å². The predicted octanol–water partition coefficient (Wildman–Crippen LogP) is 3.72. The molecule has 0 aliphatic heterocycles. The molecule has 1 rings (SSSR count). The first-order chi connectivity index (χ1) is 9.08. The number of hydrogen-bond donors (Lipinski definition) is 1. The summed E-state index contributed by atoms with van der Waals surface area (Å²) in [7, 11) is 0. The molecule has 1 aromatic rings. The third-order valence-corrected chi connectivity index (χ3v) is 4.73. The van der Waals surface area contributed by atoms with Crippen molar-refractivity contribution in [2.75, 3.05) is 25.4 Å². The van der Waals surface area contributed by atoms with Crippen molar-refractivity contribution in [1.82, 2.24) is 4.90 Å². The van der Waals surface area contributed by atoms with Crippen molar-refractivity contribution >= 4 is 33.7 Å². The van der Waals surface area contributed by atoms with Gasteiger partial charge in [-0.1, -0.05) is 35.8 Å². The summed E-state index contributed by atoms with van der Waals surface area (Å²) < 4.78 is 0.878. The van der Waals surface area contributed by atoms with E-state index in [0.29, 0.717) is 5.56 Å². The van der Waals surface area contributed by atoms with E-state index in [0.717, 1.165) is 41.2 Å². The Labute approximate surface area is 127 Å². The fourth-order valence-electron chi connectivity index (χ4n) is 1.71. The zero-order valence-electron chi connectivity index (χ0n) is 11.4. The van der Waals surface area contributed by atoms with Crippen LogP contribution in [0.1, 0.15) is 29.8 Å². The van der Waals surface area contributed by atoms with Gasteiger partial charge in [-0.3, -0.25) is 0 Å². The average molecular weight is 346 g/mol. The molecule has 0 unspecified atom stereocenters. The molecule has 0 atom stereocenters. The van der Waals surface area contributed by atoms with E-state index in [-0.39, 0.29) is 0 Å². The summed E-state index contributed by atoms with van der Waals surface area (Å²) in [6.45, 7) is 7.63. The summed E-state index contributed by atoms with van der Waals surface area (Å²) in [6.07, 6.45) is 0. The Morgan fingerprint density at radius 1 is 1.37 bits per heavy atom. The Morgan fingerprint density at radius 2 is 2.05 bits per heavy atom. The Hall–Kier alpha value is -0.520. The molecule has 0 aliphatic rings. The number of carboxylic acids is 1. The van der Waals surface area contributed by atoms with Crippen LogP contribution in [0, 0.1) is 0 Å². The molecular weight excluding hydrogens is 326 g/mol. The van der Waals surface area contributed by atoms with Crippen LogP contribution < -0.4 is 0 Å². The number of halogens is 1. The first-order valence-corrected chi connectivity index (χ1v) is 8.35. The fourth-order valence-corrected chi connectivity index (χ4v) is 3.42. The molecular formula is C14H20BrNO2S. The molecule has 5 heteroatoms. The Morgan fingerprint density at radius 3 is 2.58 bits per heavy atom. The summed E-state index contributed by atoms with van der Waals surface area (Å²) in [6, 6.07) is 5.22. The van der Waals surface area contributed by atoms with Crippen LogP contribution in [0.4, 0.5) is 0 Å². The molecule has 0 bridgehead atoms. The lowest BCUT2D eigenvalue weighted by Crippen LogP contribution is -2.25. The molecule has 0 spiro atoms. The van der Waals surface area contributed by atoms with E-state index in [2.05, 4.69) is 34.7 Å². The summed E-state index contributed by atoms with van der Waals surface area (Å²) in [4.78, 5) is 13.2. The molecule has 0 aromatic heterocycles. The van der Waals surface area contributed by atoms with E-state index in [4.69, 9.17) is 5.11 Å². The lowest BCUT2D eigenvalue weighted by atomic mass is 10.1. The minimum absolute atomic E-state index is 0.323. The Balaban J connectivity index is 2.43. The normalized spacial score (nSPS) is 10.9. The number of carbonyl (C=O) groups is 1. The molecule has 0 amide bonds. The van der Waals surface area contributed by atoms with Gasteiger partial charge < -0.3 is 10.0 Å². The second-order valence-electron chi connectivity index (χ2n) is 4.19. The minimum atomic E-state index is -0.888. The van der Waals surface area contributed by atoms with Crippen molar-refractivity contribution in [3.05, 3.63) is 33.8 Å². The van der Waals surface area contributed by atoms with Gasteiger partial charge >= 0.3 is 5.97 Å². The number of hydrogen-bond acceptors (Lipinski definition) is 3. The van der Waals surface area contributed by atoms with E-state index < -0.39 is 5.97 Å². The summed E-state index contributed by atoms with van der Waals surface area (Å²) >= 11 is 5.31. The van der Waals surface area contributed by atoms with Gasteiger partial charge in [-0.2, -0.15) is 11.8 Å². The highest BCUT2D eigenvalue weighted by Crippen LogP contribution is 2.23. The van der Waals surface area contributed by atoms with Gasteiger partial charge in [-0.05, 0) is 30.8 Å². The van der Waals surface area contributed by atoms with E-state index in [1.165, 1.54) is 0 Å². The van der Waals surface area contributed by atoms with Crippen LogP contribution in [0.5, 0.6) is 0 Å². The highest BCUT2D eigenvalue weighted by molar-refractivity contribution is 9.10. The smallest absolute Gasteiger partial charge is 0.335 e. The Kier molecular flexibility index (Phi) is 7.49. The van der Waals surface area contributed by atoms with Gasteiger partial charge in [-0.15, -0.1) is 0 Å². The zero-order valence-corrected chi connectivity index (χ0v) is 13.8. The van der Waals surface area contributed by atoms with Crippen LogP contribution >= 0.6 is 27.7 Å². The van der Waals surface area contributed by atoms with Gasteiger partial charge in [0.1, 0.15) is 0 Å². The molecule has 0 saturated heterocycles. The second-order valence-corrected chi connectivity index (χ2v) is 6.15. The number of carboxylic acid groups (broad SMARTS) is 1. The molecule has 0 heterocycles. The first kappa shape index (κ1) is 16.5. The van der Waals surface area contributed by atoms with Crippen molar-refractivity contribution < 1.29 is 9.90 Å². The molecule has 0 aliphatic carbocycles. The van der Waals surface area contributed by atoms with Crippen LogP contribution in [0.3, 0.4) is 0 Å². The Bertz CT molecular complexity index is 422. The maximum absolute atomic E-state index is 10.8. The summed E-state index contributed by atoms with van der Waals surface area (Å²) in [5.74, 6) is 1.11. The first-order valence-electron chi connectivity index (χ1n) is 6.40. The molecule has 19 heavy (non-hydrogen) atoms. The molecule has 3 nitrogen and oxygen atoms in total. The standard InChI is InChI=1S/C14H20BrNO2S/c1-3-16(4-2)7-8-19-10-12-6-5-11(14(17)18)9-13(12)15/h5-6,9H,3-4,7-8,10H2,1-2H3,(H,17,18). The van der Waals surface area contributed by atoms with E-state index in [1.807, 2.05) is 17.8 Å². The second kappa shape index (κ2) is 8.61. The quantitative estimate of drug-likeness (QED) is 0.729. The zero-order chi connectivity index (χ0) is 14.3. The maximum Gasteiger partial charge on any atom is 0.335 e. The third-order valence-electron chi connectivity index (χ3n) is 3.00. The number of rotatable bonds is 8. The van der Waals surface area contributed by atoms with Gasteiger partial charge in [0.2, 0.25) is 0 Å². The monoisotopic (exact) mass is 345 g/mol. The highest BCUT2D eigenvalue weighted by atomic mass is 79.9. The van der Waals surface area contributed by atoms with Crippen molar-refractivity contribution in [1.29, 1.82) is 0 Å². The third kappa shape index (κ3) is 5.55. The molecule has 1 aromatic carbocycles. The van der Waals surface area contributed by atoms with Gasteiger partial charge in [-0.25, -0.2) is 4.79 Å². The highest BCUT2D eigenvalue weighted by Gasteiger charge is 2.07. The van der Waals surface area contributed by atoms with Gasteiger partial charge in [0.15, 0.2) is 0 Å². The van der Waals surface area contributed by atoms with Crippen molar-refractivity contribution in [3.8, 4) is 0 Å². The van der Waals surface area contributed by atoms with Crippen molar-refractivity contribution in [2.24, 2.45) is 0 Å². The van der Waals surface area contributed by atoms with Crippen LogP contribution in [0.15, 0.2) is 22.7 Å². The number of nitrogens with zero attached hydrogens (tertiary/aromatic N) is 1. The van der Waals surface area contributed by atoms with Crippen LogP contribution in [0.2, 0.25) is 0 Å². The number of thioether (sulfide) groups is 1. The van der Waals surface area contributed by atoms with Crippen molar-refractivity contribution in [2.45, 2.75) is 19.6 Å². The summed E-state index contributed by atoms with van der Waals surface area (Å²) in [5, 5.41) is 8.90. The van der Waals surface area contributed by atoms with Crippen LogP contribution in [-0.2, 0) is 5.75 Å². The lowest BCUT2D eigenvalue weighted by molar-refractivity contribution is 0.0697. The number of benzene rings is 1. The van der Waals surface area contributed by atoms with E-state index >= 15 is 0 Å². The average Bonchev–Trinajstić information content (AvgIpc) is 2.40. The molecule has 0 fully saturated rings. The molecule has 106 valence electrons. The largest absolute Gasteiger partial charge is 0.478 e. The lowest BCUT2D eigenvalue weighted by Gasteiger charge is -2.17. The van der Waals surface area contributed by atoms with Gasteiger partial charge in [0, 0.05) is 22.5 Å². The number of aromatic carboxylic acids is 1. The maximum atomic E-state index is 10.8. The molecule has 0 saturated carbocycles. The predicted molar refractivity (Wildman–Crippen MR) is 85.1 cm³/mol. The molecule has 0 radical (unpaired) electrons.